The highest BCUT2D eigenvalue weighted by molar-refractivity contribution is 4.53. The molecule has 0 aromatic rings. The normalized spacial score (nSPS) is 15.4. The van der Waals surface area contributed by atoms with Crippen LogP contribution in [0.1, 0.15) is 0 Å². The Morgan fingerprint density at radius 3 is 1.87 bits per heavy atom. The molecule has 1 atom stereocenters. The van der Waals surface area contributed by atoms with Gasteiger partial charge in [-0.05, 0) is 0 Å². The van der Waals surface area contributed by atoms with Gasteiger partial charge < -0.3 is 9.47 Å². The Kier molecular flexibility index (Phi) is 5.29. The molecule has 0 radical (unpaired) electrons. The molecule has 0 aliphatic rings. The van der Waals surface area contributed by atoms with Crippen molar-refractivity contribution in [2.24, 2.45) is 0 Å². The zero-order chi connectivity index (χ0) is 12.1. The summed E-state index contributed by atoms with van der Waals surface area (Å²) in [5, 5.41) is 0. The van der Waals surface area contributed by atoms with Gasteiger partial charge in [0.25, 0.3) is 6.36 Å². The standard InChI is InChI=1S/C6H7F7O2/c7-4(6(11,12)13)15-2-1-14-3-5(8,9)10/h4H,1-3H2. The fourth-order valence-corrected chi connectivity index (χ4v) is 0.493. The van der Waals surface area contributed by atoms with Crippen molar-refractivity contribution < 1.29 is 40.2 Å². The van der Waals surface area contributed by atoms with Gasteiger partial charge in [-0.25, -0.2) is 4.39 Å². The first-order valence-electron chi connectivity index (χ1n) is 3.60. The minimum absolute atomic E-state index is 0.768. The lowest BCUT2D eigenvalue weighted by atomic mass is 10.6. The van der Waals surface area contributed by atoms with Crippen LogP contribution in [0, 0.1) is 0 Å². The first-order valence-corrected chi connectivity index (χ1v) is 3.60. The first kappa shape index (κ1) is 14.4. The van der Waals surface area contributed by atoms with E-state index in [4.69, 9.17) is 0 Å². The second kappa shape index (κ2) is 5.50. The predicted octanol–water partition coefficient (Wildman–Crippen LogP) is 2.44. The molecule has 1 unspecified atom stereocenters. The van der Waals surface area contributed by atoms with Gasteiger partial charge in [-0.3, -0.25) is 0 Å². The maximum atomic E-state index is 11.9. The molecule has 0 aliphatic heterocycles. The topological polar surface area (TPSA) is 18.5 Å². The van der Waals surface area contributed by atoms with Crippen molar-refractivity contribution in [3.8, 4) is 0 Å². The first-order chi connectivity index (χ1) is 6.63. The third-order valence-electron chi connectivity index (χ3n) is 1.01. The molecule has 0 heterocycles. The molecule has 92 valence electrons. The van der Waals surface area contributed by atoms with Crippen molar-refractivity contribution >= 4 is 0 Å². The van der Waals surface area contributed by atoms with Crippen molar-refractivity contribution in [2.45, 2.75) is 18.7 Å². The molecular formula is C6H7F7O2. The lowest BCUT2D eigenvalue weighted by Crippen LogP contribution is -2.29. The molecule has 0 aliphatic carbocycles. The van der Waals surface area contributed by atoms with Crippen LogP contribution in [0.25, 0.3) is 0 Å². The van der Waals surface area contributed by atoms with Crippen LogP contribution in [0.15, 0.2) is 0 Å². The van der Waals surface area contributed by atoms with Gasteiger partial charge in [0, 0.05) is 0 Å². The molecule has 0 amide bonds. The van der Waals surface area contributed by atoms with Crippen LogP contribution in [0.4, 0.5) is 30.7 Å². The van der Waals surface area contributed by atoms with Gasteiger partial charge in [-0.15, -0.1) is 0 Å². The summed E-state index contributed by atoms with van der Waals surface area (Å²) in [5.74, 6) is 0. The highest BCUT2D eigenvalue weighted by Crippen LogP contribution is 2.23. The van der Waals surface area contributed by atoms with E-state index in [1.807, 2.05) is 0 Å². The Morgan fingerprint density at radius 1 is 0.933 bits per heavy atom. The second-order valence-electron chi connectivity index (χ2n) is 2.40. The largest absolute Gasteiger partial charge is 0.445 e. The summed E-state index contributed by atoms with van der Waals surface area (Å²) >= 11 is 0. The van der Waals surface area contributed by atoms with Crippen LogP contribution in [-0.2, 0) is 9.47 Å². The molecule has 0 N–H and O–H groups in total. The molecule has 15 heavy (non-hydrogen) atoms. The second-order valence-corrected chi connectivity index (χ2v) is 2.40. The van der Waals surface area contributed by atoms with E-state index in [9.17, 15) is 30.7 Å². The lowest BCUT2D eigenvalue weighted by molar-refractivity contribution is -0.268. The summed E-state index contributed by atoms with van der Waals surface area (Å²) in [4.78, 5) is 0. The number of halogens is 7. The summed E-state index contributed by atoms with van der Waals surface area (Å²) < 4.78 is 87.9. The molecular weight excluding hydrogens is 237 g/mol. The minimum Gasteiger partial charge on any atom is -0.370 e. The Labute approximate surface area is 79.9 Å². The van der Waals surface area contributed by atoms with Crippen LogP contribution >= 0.6 is 0 Å². The van der Waals surface area contributed by atoms with Crippen LogP contribution in [0.2, 0.25) is 0 Å². The number of ether oxygens (including phenoxy) is 2. The highest BCUT2D eigenvalue weighted by atomic mass is 19.4. The summed E-state index contributed by atoms with van der Waals surface area (Å²) in [5.41, 5.74) is 0. The fraction of sp³-hybridized carbons (Fsp3) is 1.00. The maximum absolute atomic E-state index is 11.9. The molecule has 0 saturated carbocycles. The van der Waals surface area contributed by atoms with E-state index < -0.39 is 38.5 Å². The van der Waals surface area contributed by atoms with Crippen molar-refractivity contribution in [1.29, 1.82) is 0 Å². The summed E-state index contributed by atoms with van der Waals surface area (Å²) in [6.07, 6.45) is -13.3. The molecule has 0 rings (SSSR count). The average Bonchev–Trinajstić information content (AvgIpc) is 1.99. The quantitative estimate of drug-likeness (QED) is 0.546. The van der Waals surface area contributed by atoms with E-state index in [0.29, 0.717) is 0 Å². The van der Waals surface area contributed by atoms with E-state index in [0.717, 1.165) is 0 Å². The van der Waals surface area contributed by atoms with Gasteiger partial charge >= 0.3 is 12.4 Å². The third kappa shape index (κ3) is 8.43. The van der Waals surface area contributed by atoms with Gasteiger partial charge in [0.1, 0.15) is 6.61 Å². The molecule has 0 fully saturated rings. The highest BCUT2D eigenvalue weighted by Gasteiger charge is 2.41. The molecule has 0 saturated heterocycles. The molecule has 0 spiro atoms. The zero-order valence-corrected chi connectivity index (χ0v) is 7.16. The molecule has 0 bridgehead atoms. The maximum Gasteiger partial charge on any atom is 0.445 e. The van der Waals surface area contributed by atoms with Crippen molar-refractivity contribution in [3.05, 3.63) is 0 Å². The minimum atomic E-state index is -5.18. The van der Waals surface area contributed by atoms with Crippen molar-refractivity contribution in [1.82, 2.24) is 0 Å². The van der Waals surface area contributed by atoms with E-state index in [2.05, 4.69) is 9.47 Å². The van der Waals surface area contributed by atoms with Crippen molar-refractivity contribution in [3.63, 3.8) is 0 Å². The number of rotatable bonds is 5. The van der Waals surface area contributed by atoms with Gasteiger partial charge in [0.05, 0.1) is 13.2 Å². The van der Waals surface area contributed by atoms with E-state index in [1.54, 1.807) is 0 Å². The predicted molar refractivity (Wildman–Crippen MR) is 33.8 cm³/mol. The van der Waals surface area contributed by atoms with Crippen LogP contribution in [-0.4, -0.2) is 38.5 Å². The zero-order valence-electron chi connectivity index (χ0n) is 7.16. The van der Waals surface area contributed by atoms with Crippen LogP contribution < -0.4 is 0 Å². The number of alkyl halides is 7. The van der Waals surface area contributed by atoms with Gasteiger partial charge in [-0.2, -0.15) is 26.3 Å². The van der Waals surface area contributed by atoms with E-state index in [1.165, 1.54) is 0 Å². The number of hydrogen-bond acceptors (Lipinski definition) is 2. The fourth-order valence-electron chi connectivity index (χ4n) is 0.493. The Morgan fingerprint density at radius 2 is 1.47 bits per heavy atom. The van der Waals surface area contributed by atoms with E-state index in [-0.39, 0.29) is 0 Å². The summed E-state index contributed by atoms with van der Waals surface area (Å²) in [6.45, 7) is -3.29. The smallest absolute Gasteiger partial charge is 0.370 e. The Hall–Kier alpha value is -0.570. The lowest BCUT2D eigenvalue weighted by Gasteiger charge is -2.13. The molecule has 2 nitrogen and oxygen atoms in total. The molecule has 9 heteroatoms. The molecule has 0 aromatic carbocycles. The monoisotopic (exact) mass is 244 g/mol. The molecule has 0 aromatic heterocycles. The summed E-state index contributed by atoms with van der Waals surface area (Å²) in [7, 11) is 0. The van der Waals surface area contributed by atoms with E-state index >= 15 is 0 Å². The van der Waals surface area contributed by atoms with Crippen LogP contribution in [0.5, 0.6) is 0 Å². The van der Waals surface area contributed by atoms with Gasteiger partial charge in [0.15, 0.2) is 0 Å². The Balaban J connectivity index is 3.48. The third-order valence-corrected chi connectivity index (χ3v) is 1.01. The van der Waals surface area contributed by atoms with Gasteiger partial charge in [-0.1, -0.05) is 0 Å². The SMILES string of the molecule is FC(OCCOCC(F)(F)F)C(F)(F)F. The van der Waals surface area contributed by atoms with Crippen molar-refractivity contribution in [2.75, 3.05) is 19.8 Å². The number of hydrogen-bond donors (Lipinski definition) is 0. The van der Waals surface area contributed by atoms with Gasteiger partial charge in [0.2, 0.25) is 0 Å². The Bertz CT molecular complexity index is 175. The summed E-state index contributed by atoms with van der Waals surface area (Å²) in [6, 6.07) is 0. The van der Waals surface area contributed by atoms with Crippen LogP contribution in [0.3, 0.4) is 0 Å². The average molecular weight is 244 g/mol.